The van der Waals surface area contributed by atoms with E-state index in [4.69, 9.17) is 10.5 Å². The number of nitrogen functional groups attached to an aromatic ring is 1. The lowest BCUT2D eigenvalue weighted by molar-refractivity contribution is -0.131. The molecule has 2 aromatic heterocycles. The second-order valence-corrected chi connectivity index (χ2v) is 14.8. The average molecular weight is 696 g/mol. The molecule has 2 aliphatic heterocycles. The van der Waals surface area contributed by atoms with Gasteiger partial charge < -0.3 is 25.6 Å². The van der Waals surface area contributed by atoms with Crippen LogP contribution in [0.4, 0.5) is 25.2 Å². The van der Waals surface area contributed by atoms with Crippen molar-refractivity contribution in [2.24, 2.45) is 5.41 Å². The van der Waals surface area contributed by atoms with Crippen molar-refractivity contribution in [3.63, 3.8) is 0 Å². The van der Waals surface area contributed by atoms with E-state index in [-0.39, 0.29) is 41.2 Å². The molecule has 4 aliphatic rings. The lowest BCUT2D eigenvalue weighted by Crippen LogP contribution is -2.59. The van der Waals surface area contributed by atoms with Crippen molar-refractivity contribution in [3.05, 3.63) is 101 Å². The van der Waals surface area contributed by atoms with Crippen LogP contribution >= 0.6 is 0 Å². The molecule has 1 amide bonds. The van der Waals surface area contributed by atoms with Crippen molar-refractivity contribution < 1.29 is 18.3 Å². The van der Waals surface area contributed by atoms with Gasteiger partial charge in [0.05, 0.1) is 6.20 Å². The van der Waals surface area contributed by atoms with E-state index < -0.39 is 5.82 Å². The van der Waals surface area contributed by atoms with Crippen molar-refractivity contribution in [3.8, 4) is 16.9 Å². The lowest BCUT2D eigenvalue weighted by Gasteiger charge is -2.60. The molecule has 0 radical (unpaired) electrons. The van der Waals surface area contributed by atoms with Crippen molar-refractivity contribution in [1.29, 1.82) is 0 Å². The Morgan fingerprint density at radius 2 is 1.69 bits per heavy atom. The van der Waals surface area contributed by atoms with Crippen LogP contribution in [-0.4, -0.2) is 74.8 Å². The number of pyridine rings is 1. The highest BCUT2D eigenvalue weighted by Crippen LogP contribution is 2.58. The first-order valence-corrected chi connectivity index (χ1v) is 18.0. The molecule has 4 fully saturated rings. The first kappa shape index (κ1) is 33.3. The third-order valence-electron chi connectivity index (χ3n) is 11.5. The van der Waals surface area contributed by atoms with Gasteiger partial charge in [-0.1, -0.05) is 24.3 Å². The molecule has 0 bridgehead atoms. The number of rotatable bonds is 7. The lowest BCUT2D eigenvalue weighted by atomic mass is 9.52. The van der Waals surface area contributed by atoms with Crippen LogP contribution in [-0.2, 0) is 4.74 Å². The third-order valence-corrected chi connectivity index (χ3v) is 11.5. The van der Waals surface area contributed by atoms with E-state index >= 15 is 0 Å². The number of ether oxygens (including phenoxy) is 1. The Labute approximate surface area is 295 Å². The van der Waals surface area contributed by atoms with Gasteiger partial charge in [0.15, 0.2) is 5.82 Å². The summed E-state index contributed by atoms with van der Waals surface area (Å²) in [5, 5.41) is 3.32. The highest BCUT2D eigenvalue weighted by molar-refractivity contribution is 5.68. The molecule has 266 valence electrons. The highest BCUT2D eigenvalue weighted by atomic mass is 19.1. The number of nitrogens with one attached hydrogen (secondary N) is 1. The van der Waals surface area contributed by atoms with Gasteiger partial charge in [-0.05, 0) is 112 Å². The number of carbonyl (C=O) groups is 1. The molecular formula is C39H43F2N7O3. The van der Waals surface area contributed by atoms with E-state index in [2.05, 4.69) is 20.2 Å². The molecule has 0 unspecified atom stereocenters. The molecule has 1 spiro atoms. The second kappa shape index (κ2) is 13.7. The standard InChI is InChI=1S/C39H43F2N7O3/c40-33-19-27(42)7-8-32(33)25-9-14-46(15-10-25)30-20-39(21-30)22-31(23-39)51-38(50)47-16-11-28(12-17-47)44-37-43-24-34(41)36(45-37)26-4-3-5-29(18-26)48-13-2-1-6-35(48)49/h1-8,13,18-19,24-25,28,30-31H,9-12,14-17,20-23,42H2,(H,43,44,45). The van der Waals surface area contributed by atoms with Crippen LogP contribution in [0, 0.1) is 17.0 Å². The SMILES string of the molecule is Nc1ccc(C2CCN(C3CC4(CC(OC(=O)N5CCC(Nc6ncc(F)c(-c7cccc(-n8ccccc8=O)c7)n6)CC5)C4)C3)CC2)c(F)c1. The third kappa shape index (κ3) is 6.93. The summed E-state index contributed by atoms with van der Waals surface area (Å²) in [5.41, 5.74) is 8.39. The van der Waals surface area contributed by atoms with Crippen molar-refractivity contribution >= 4 is 17.7 Å². The Hall–Kier alpha value is -4.84. The zero-order valence-electron chi connectivity index (χ0n) is 28.5. The van der Waals surface area contributed by atoms with Crippen LogP contribution in [0.25, 0.3) is 16.9 Å². The number of anilines is 2. The summed E-state index contributed by atoms with van der Waals surface area (Å²) in [7, 11) is 0. The average Bonchev–Trinajstić information content (AvgIpc) is 3.10. The smallest absolute Gasteiger partial charge is 0.410 e. The number of piperidine rings is 2. The Bertz CT molecular complexity index is 1960. The van der Waals surface area contributed by atoms with Gasteiger partial charge in [-0.3, -0.25) is 9.36 Å². The fourth-order valence-corrected chi connectivity index (χ4v) is 8.66. The molecule has 2 aromatic carbocycles. The summed E-state index contributed by atoms with van der Waals surface area (Å²) in [6.45, 7) is 3.07. The maximum atomic E-state index is 14.9. The molecule has 4 heterocycles. The highest BCUT2D eigenvalue weighted by Gasteiger charge is 2.55. The molecular weight excluding hydrogens is 652 g/mol. The Morgan fingerprint density at radius 3 is 2.43 bits per heavy atom. The summed E-state index contributed by atoms with van der Waals surface area (Å²) < 4.78 is 36.8. The molecule has 51 heavy (non-hydrogen) atoms. The first-order chi connectivity index (χ1) is 24.7. The predicted molar refractivity (Wildman–Crippen MR) is 191 cm³/mol. The Kier molecular flexibility index (Phi) is 8.95. The Morgan fingerprint density at radius 1 is 0.902 bits per heavy atom. The van der Waals surface area contributed by atoms with Crippen LogP contribution in [0.1, 0.15) is 62.8 Å². The molecule has 2 saturated carbocycles. The number of halogens is 2. The summed E-state index contributed by atoms with van der Waals surface area (Å²) in [5.74, 6) is -0.186. The van der Waals surface area contributed by atoms with Crippen LogP contribution in [0.5, 0.6) is 0 Å². The number of hydrogen-bond acceptors (Lipinski definition) is 8. The number of nitrogens with two attached hydrogens (primary N) is 1. The van der Waals surface area contributed by atoms with Gasteiger partial charge in [-0.25, -0.2) is 23.5 Å². The first-order valence-electron chi connectivity index (χ1n) is 18.0. The van der Waals surface area contributed by atoms with Gasteiger partial charge in [0, 0.05) is 54.4 Å². The quantitative estimate of drug-likeness (QED) is 0.215. The maximum Gasteiger partial charge on any atom is 0.410 e. The van der Waals surface area contributed by atoms with E-state index in [1.54, 1.807) is 53.6 Å². The van der Waals surface area contributed by atoms with E-state index in [9.17, 15) is 18.4 Å². The largest absolute Gasteiger partial charge is 0.446 e. The minimum Gasteiger partial charge on any atom is -0.446 e. The fraction of sp³-hybridized carbons (Fsp3) is 0.436. The molecule has 2 aliphatic carbocycles. The van der Waals surface area contributed by atoms with Gasteiger partial charge in [-0.15, -0.1) is 0 Å². The monoisotopic (exact) mass is 695 g/mol. The minimum absolute atomic E-state index is 0.0241. The van der Waals surface area contributed by atoms with Gasteiger partial charge in [-0.2, -0.15) is 0 Å². The number of nitrogens with zero attached hydrogens (tertiary/aromatic N) is 5. The number of hydrogen-bond donors (Lipinski definition) is 2. The van der Waals surface area contributed by atoms with Crippen molar-refractivity contribution in [2.75, 3.05) is 37.2 Å². The summed E-state index contributed by atoms with van der Waals surface area (Å²) in [6.07, 6.45) is 9.98. The molecule has 3 N–H and O–H groups in total. The van der Waals surface area contributed by atoms with Gasteiger partial charge >= 0.3 is 6.09 Å². The van der Waals surface area contributed by atoms with Crippen LogP contribution in [0.15, 0.2) is 77.9 Å². The zero-order chi connectivity index (χ0) is 35.1. The zero-order valence-corrected chi connectivity index (χ0v) is 28.5. The van der Waals surface area contributed by atoms with E-state index in [0.717, 1.165) is 63.4 Å². The van der Waals surface area contributed by atoms with Gasteiger partial charge in [0.2, 0.25) is 5.95 Å². The second-order valence-electron chi connectivity index (χ2n) is 14.8. The molecule has 8 rings (SSSR count). The Balaban J connectivity index is 0.774. The van der Waals surface area contributed by atoms with E-state index in [1.165, 1.54) is 16.7 Å². The summed E-state index contributed by atoms with van der Waals surface area (Å²) in [4.78, 5) is 38.3. The van der Waals surface area contributed by atoms with E-state index in [1.807, 2.05) is 6.07 Å². The topological polar surface area (TPSA) is 119 Å². The molecule has 12 heteroatoms. The normalized spacial score (nSPS) is 24.2. The summed E-state index contributed by atoms with van der Waals surface area (Å²) in [6, 6.07) is 17.6. The number of likely N-dealkylation sites (tertiary alicyclic amines) is 2. The number of carbonyl (C=O) groups excluding carboxylic acids is 1. The minimum atomic E-state index is -0.557. The maximum absolute atomic E-state index is 14.9. The fourth-order valence-electron chi connectivity index (χ4n) is 8.66. The van der Waals surface area contributed by atoms with Gasteiger partial charge in [0.1, 0.15) is 17.6 Å². The van der Waals surface area contributed by atoms with Crippen molar-refractivity contribution in [1.82, 2.24) is 24.3 Å². The number of aromatic nitrogens is 3. The number of amides is 1. The van der Waals surface area contributed by atoms with Crippen molar-refractivity contribution in [2.45, 2.75) is 75.5 Å². The molecule has 2 saturated heterocycles. The molecule has 0 atom stereocenters. The summed E-state index contributed by atoms with van der Waals surface area (Å²) >= 11 is 0. The predicted octanol–water partition coefficient (Wildman–Crippen LogP) is 6.36. The molecule has 4 aromatic rings. The van der Waals surface area contributed by atoms with Crippen LogP contribution < -0.4 is 16.6 Å². The van der Waals surface area contributed by atoms with Crippen LogP contribution in [0.3, 0.4) is 0 Å². The molecule has 10 nitrogen and oxygen atoms in total. The van der Waals surface area contributed by atoms with E-state index in [0.29, 0.717) is 60.3 Å². The number of benzene rings is 2. The van der Waals surface area contributed by atoms with Gasteiger partial charge in [0.25, 0.3) is 5.56 Å². The van der Waals surface area contributed by atoms with Crippen LogP contribution in [0.2, 0.25) is 0 Å².